The maximum atomic E-state index is 12.7. The van der Waals surface area contributed by atoms with Crippen molar-refractivity contribution in [2.45, 2.75) is 57.5 Å². The molecule has 1 N–H and O–H groups in total. The topological polar surface area (TPSA) is 66.5 Å². The fraction of sp³-hybridized carbons (Fsp3) is 0.722. The number of rotatable bonds is 3. The van der Waals surface area contributed by atoms with Crippen molar-refractivity contribution >= 4 is 17.7 Å². The average molecular weight is 316 g/mol. The standard InChI is InChI=1S/C18H24N2O3/c1-10(16(21)19-13-5-3-2-4-6-13)20-17(22)14-11-7-8-12(9-11)15(14)18(20)23/h7-8,10-15H,2-6,9H2,1H3,(H,19,21)/t10-,11+,12+,14+,15+/m1/s1. The lowest BCUT2D eigenvalue weighted by Gasteiger charge is -2.28. The van der Waals surface area contributed by atoms with Gasteiger partial charge in [0, 0.05) is 6.04 Å². The second-order valence-corrected chi connectivity index (χ2v) is 7.57. The Labute approximate surface area is 136 Å². The van der Waals surface area contributed by atoms with Crippen LogP contribution in [-0.2, 0) is 14.4 Å². The number of carbonyl (C=O) groups excluding carboxylic acids is 3. The predicted octanol–water partition coefficient (Wildman–Crippen LogP) is 1.63. The van der Waals surface area contributed by atoms with Gasteiger partial charge < -0.3 is 5.32 Å². The van der Waals surface area contributed by atoms with E-state index < -0.39 is 6.04 Å². The molecule has 3 amide bonds. The van der Waals surface area contributed by atoms with Crippen LogP contribution in [-0.4, -0.2) is 34.7 Å². The Hall–Kier alpha value is -1.65. The van der Waals surface area contributed by atoms with Gasteiger partial charge in [0.25, 0.3) is 0 Å². The van der Waals surface area contributed by atoms with E-state index in [9.17, 15) is 14.4 Å². The Balaban J connectivity index is 1.46. The summed E-state index contributed by atoms with van der Waals surface area (Å²) in [6, 6.07) is -0.495. The molecule has 0 radical (unpaired) electrons. The van der Waals surface area contributed by atoms with E-state index in [4.69, 9.17) is 0 Å². The summed E-state index contributed by atoms with van der Waals surface area (Å²) in [5.74, 6) is -0.504. The lowest BCUT2D eigenvalue weighted by Crippen LogP contribution is -2.51. The summed E-state index contributed by atoms with van der Waals surface area (Å²) in [7, 11) is 0. The van der Waals surface area contributed by atoms with Crippen molar-refractivity contribution in [1.29, 1.82) is 0 Å². The van der Waals surface area contributed by atoms with Gasteiger partial charge in [-0.1, -0.05) is 31.4 Å². The second-order valence-electron chi connectivity index (χ2n) is 7.57. The molecule has 4 rings (SSSR count). The Morgan fingerprint density at radius 3 is 2.22 bits per heavy atom. The number of hydrogen-bond acceptors (Lipinski definition) is 3. The first-order valence-electron chi connectivity index (χ1n) is 8.93. The third-order valence-electron chi connectivity index (χ3n) is 6.22. The van der Waals surface area contributed by atoms with E-state index in [0.29, 0.717) is 0 Å². The van der Waals surface area contributed by atoms with E-state index >= 15 is 0 Å². The number of allylic oxidation sites excluding steroid dienone is 2. The summed E-state index contributed by atoms with van der Waals surface area (Å²) in [6.07, 6.45) is 10.6. The summed E-state index contributed by atoms with van der Waals surface area (Å²) in [4.78, 5) is 39.2. The summed E-state index contributed by atoms with van der Waals surface area (Å²) in [5, 5.41) is 3.04. The first kappa shape index (κ1) is 14.9. The molecule has 1 heterocycles. The van der Waals surface area contributed by atoms with Crippen LogP contribution in [0.25, 0.3) is 0 Å². The molecule has 0 aromatic heterocycles. The van der Waals surface area contributed by atoms with Gasteiger partial charge in [-0.3, -0.25) is 19.3 Å². The van der Waals surface area contributed by atoms with Gasteiger partial charge in [-0.25, -0.2) is 0 Å². The van der Waals surface area contributed by atoms with Crippen molar-refractivity contribution in [3.8, 4) is 0 Å². The van der Waals surface area contributed by atoms with Crippen LogP contribution in [0.1, 0.15) is 45.4 Å². The number of nitrogens with one attached hydrogen (secondary N) is 1. The number of imide groups is 1. The number of carbonyl (C=O) groups is 3. The summed E-state index contributed by atoms with van der Waals surface area (Å²) in [5.41, 5.74) is 0. The van der Waals surface area contributed by atoms with Gasteiger partial charge in [-0.2, -0.15) is 0 Å². The van der Waals surface area contributed by atoms with E-state index in [0.717, 1.165) is 32.1 Å². The van der Waals surface area contributed by atoms with Crippen molar-refractivity contribution in [3.05, 3.63) is 12.2 Å². The Kier molecular flexibility index (Phi) is 3.54. The molecule has 2 bridgehead atoms. The quantitative estimate of drug-likeness (QED) is 0.636. The fourth-order valence-electron chi connectivity index (χ4n) is 4.99. The molecular formula is C18H24N2O3. The molecule has 3 aliphatic carbocycles. The van der Waals surface area contributed by atoms with Crippen molar-refractivity contribution < 1.29 is 14.4 Å². The van der Waals surface area contributed by atoms with Crippen LogP contribution < -0.4 is 5.32 Å². The minimum Gasteiger partial charge on any atom is -0.352 e. The molecule has 5 atom stereocenters. The molecule has 5 nitrogen and oxygen atoms in total. The zero-order chi connectivity index (χ0) is 16.1. The predicted molar refractivity (Wildman–Crippen MR) is 84.0 cm³/mol. The van der Waals surface area contributed by atoms with Gasteiger partial charge in [0.2, 0.25) is 17.7 Å². The second kappa shape index (κ2) is 5.46. The molecular weight excluding hydrogens is 292 g/mol. The third kappa shape index (κ3) is 2.24. The van der Waals surface area contributed by atoms with Gasteiger partial charge in [-0.15, -0.1) is 0 Å². The smallest absolute Gasteiger partial charge is 0.243 e. The number of nitrogens with zero attached hydrogens (tertiary/aromatic N) is 1. The zero-order valence-corrected chi connectivity index (χ0v) is 13.5. The van der Waals surface area contributed by atoms with E-state index in [1.807, 2.05) is 0 Å². The third-order valence-corrected chi connectivity index (χ3v) is 6.22. The van der Waals surface area contributed by atoms with E-state index in [1.165, 1.54) is 11.3 Å². The van der Waals surface area contributed by atoms with Crippen molar-refractivity contribution in [2.75, 3.05) is 0 Å². The molecule has 0 spiro atoms. The van der Waals surface area contributed by atoms with Gasteiger partial charge in [-0.05, 0) is 38.0 Å². The maximum Gasteiger partial charge on any atom is 0.243 e. The first-order valence-corrected chi connectivity index (χ1v) is 8.93. The van der Waals surface area contributed by atoms with Crippen molar-refractivity contribution in [3.63, 3.8) is 0 Å². The van der Waals surface area contributed by atoms with Crippen LogP contribution in [0.15, 0.2) is 12.2 Å². The largest absolute Gasteiger partial charge is 0.352 e. The molecule has 1 saturated heterocycles. The number of hydrogen-bond donors (Lipinski definition) is 1. The minimum absolute atomic E-state index is 0.136. The molecule has 124 valence electrons. The van der Waals surface area contributed by atoms with Crippen LogP contribution in [0.5, 0.6) is 0 Å². The molecule has 0 aromatic rings. The molecule has 5 heteroatoms. The Bertz CT molecular complexity index is 549. The first-order chi connectivity index (χ1) is 11.1. The normalized spacial score (nSPS) is 37.3. The number of amides is 3. The van der Waals surface area contributed by atoms with Crippen LogP contribution >= 0.6 is 0 Å². The minimum atomic E-state index is -0.693. The van der Waals surface area contributed by atoms with E-state index in [-0.39, 0.29) is 47.4 Å². The zero-order valence-electron chi connectivity index (χ0n) is 13.5. The number of likely N-dealkylation sites (tertiary alicyclic amines) is 1. The van der Waals surface area contributed by atoms with Crippen molar-refractivity contribution in [2.24, 2.45) is 23.7 Å². The molecule has 1 aliphatic heterocycles. The Morgan fingerprint density at radius 2 is 1.65 bits per heavy atom. The highest BCUT2D eigenvalue weighted by Gasteiger charge is 2.60. The van der Waals surface area contributed by atoms with Crippen LogP contribution in [0.4, 0.5) is 0 Å². The Morgan fingerprint density at radius 1 is 1.09 bits per heavy atom. The van der Waals surface area contributed by atoms with Crippen LogP contribution in [0.2, 0.25) is 0 Å². The lowest BCUT2D eigenvalue weighted by atomic mass is 9.85. The van der Waals surface area contributed by atoms with Gasteiger partial charge in [0.1, 0.15) is 6.04 Å². The molecule has 2 saturated carbocycles. The molecule has 0 aromatic carbocycles. The van der Waals surface area contributed by atoms with E-state index in [2.05, 4.69) is 17.5 Å². The van der Waals surface area contributed by atoms with Crippen molar-refractivity contribution in [1.82, 2.24) is 10.2 Å². The van der Waals surface area contributed by atoms with Gasteiger partial charge >= 0.3 is 0 Å². The highest BCUT2D eigenvalue weighted by molar-refractivity contribution is 6.09. The van der Waals surface area contributed by atoms with Crippen LogP contribution in [0, 0.1) is 23.7 Å². The molecule has 23 heavy (non-hydrogen) atoms. The lowest BCUT2D eigenvalue weighted by molar-refractivity contribution is -0.148. The highest BCUT2D eigenvalue weighted by Crippen LogP contribution is 2.52. The SMILES string of the molecule is C[C@H](C(=O)NC1CCCCC1)N1C(=O)[C@@H]2[C@@H](C1=O)[C@H]1C=C[C@H]2C1. The van der Waals surface area contributed by atoms with Gasteiger partial charge in [0.15, 0.2) is 0 Å². The maximum absolute atomic E-state index is 12.7. The summed E-state index contributed by atoms with van der Waals surface area (Å²) in [6.45, 7) is 1.68. The molecule has 4 aliphatic rings. The average Bonchev–Trinajstić information content (AvgIpc) is 3.22. The monoisotopic (exact) mass is 316 g/mol. The molecule has 0 unspecified atom stereocenters. The summed E-state index contributed by atoms with van der Waals surface area (Å²) < 4.78 is 0. The van der Waals surface area contributed by atoms with E-state index in [1.54, 1.807) is 6.92 Å². The summed E-state index contributed by atoms with van der Waals surface area (Å²) >= 11 is 0. The number of fused-ring (bicyclic) bond motifs is 5. The van der Waals surface area contributed by atoms with Crippen LogP contribution in [0.3, 0.4) is 0 Å². The highest BCUT2D eigenvalue weighted by atomic mass is 16.2. The fourth-order valence-corrected chi connectivity index (χ4v) is 4.99. The van der Waals surface area contributed by atoms with Gasteiger partial charge in [0.05, 0.1) is 11.8 Å². The molecule has 3 fully saturated rings.